The summed E-state index contributed by atoms with van der Waals surface area (Å²) in [6.45, 7) is 1.91. The van der Waals surface area contributed by atoms with Crippen molar-refractivity contribution in [3.63, 3.8) is 0 Å². The Kier molecular flexibility index (Phi) is 2.91. The highest BCUT2D eigenvalue weighted by Gasteiger charge is 2.08. The molecule has 0 bridgehead atoms. The van der Waals surface area contributed by atoms with Crippen LogP contribution in [0, 0.1) is 6.92 Å². The maximum atomic E-state index is 11.4. The van der Waals surface area contributed by atoms with Crippen LogP contribution in [-0.4, -0.2) is 15.9 Å². The van der Waals surface area contributed by atoms with Crippen molar-refractivity contribution in [2.24, 2.45) is 0 Å². The van der Waals surface area contributed by atoms with Gasteiger partial charge in [-0.1, -0.05) is 11.6 Å². The fourth-order valence-electron chi connectivity index (χ4n) is 2.17. The number of aromatic carboxylic acids is 1. The summed E-state index contributed by atoms with van der Waals surface area (Å²) in [5.41, 5.74) is 3.12. The second-order valence-electron chi connectivity index (χ2n) is 4.60. The Bertz CT molecular complexity index is 798. The monoisotopic (exact) mass is 263 g/mol. The number of hydrogen-bond donors (Lipinski definition) is 0. The van der Waals surface area contributed by atoms with Gasteiger partial charge in [-0.2, -0.15) is 0 Å². The van der Waals surface area contributed by atoms with E-state index in [2.05, 4.69) is 9.97 Å². The number of nitrogens with zero attached hydrogens (tertiary/aromatic N) is 2. The minimum Gasteiger partial charge on any atom is -0.545 e. The van der Waals surface area contributed by atoms with E-state index >= 15 is 0 Å². The third-order valence-corrected chi connectivity index (χ3v) is 3.14. The molecule has 98 valence electrons. The van der Waals surface area contributed by atoms with Crippen molar-refractivity contribution in [1.82, 2.24) is 9.97 Å². The van der Waals surface area contributed by atoms with E-state index in [1.807, 2.05) is 25.1 Å². The van der Waals surface area contributed by atoms with Gasteiger partial charge in [-0.05, 0) is 37.3 Å². The molecule has 0 unspecified atom stereocenters. The zero-order valence-corrected chi connectivity index (χ0v) is 10.8. The van der Waals surface area contributed by atoms with Crippen LogP contribution in [0.1, 0.15) is 15.9 Å². The first-order chi connectivity index (χ1) is 9.65. The van der Waals surface area contributed by atoms with Gasteiger partial charge < -0.3 is 9.90 Å². The SMILES string of the molecule is Cc1ccc2nc(-c3cccnc3)cc(C(=O)[O-])c2c1. The largest absolute Gasteiger partial charge is 0.545 e. The average molecular weight is 263 g/mol. The Labute approximate surface area is 115 Å². The van der Waals surface area contributed by atoms with Crippen LogP contribution in [0.3, 0.4) is 0 Å². The van der Waals surface area contributed by atoms with Crippen molar-refractivity contribution in [1.29, 1.82) is 0 Å². The molecule has 0 saturated carbocycles. The number of benzene rings is 1. The van der Waals surface area contributed by atoms with Gasteiger partial charge in [-0.3, -0.25) is 4.98 Å². The molecule has 2 heterocycles. The lowest BCUT2D eigenvalue weighted by Crippen LogP contribution is -2.22. The maximum absolute atomic E-state index is 11.4. The molecule has 0 amide bonds. The summed E-state index contributed by atoms with van der Waals surface area (Å²) in [6, 6.07) is 10.7. The molecule has 3 rings (SSSR count). The lowest BCUT2D eigenvalue weighted by atomic mass is 10.0. The lowest BCUT2D eigenvalue weighted by Gasteiger charge is -2.11. The molecule has 0 saturated heterocycles. The van der Waals surface area contributed by atoms with Gasteiger partial charge in [0, 0.05) is 28.9 Å². The van der Waals surface area contributed by atoms with E-state index in [9.17, 15) is 9.90 Å². The molecule has 4 heteroatoms. The Morgan fingerprint density at radius 3 is 2.75 bits per heavy atom. The van der Waals surface area contributed by atoms with E-state index in [4.69, 9.17) is 0 Å². The number of carbonyl (C=O) groups is 1. The molecule has 0 atom stereocenters. The van der Waals surface area contributed by atoms with Crippen LogP contribution in [0.15, 0.2) is 48.8 Å². The smallest absolute Gasteiger partial charge is 0.0731 e. The molecule has 0 aliphatic heterocycles. The Balaban J connectivity index is 2.32. The third-order valence-electron chi connectivity index (χ3n) is 3.14. The van der Waals surface area contributed by atoms with Crippen LogP contribution in [-0.2, 0) is 0 Å². The summed E-state index contributed by atoms with van der Waals surface area (Å²) in [4.78, 5) is 19.9. The highest BCUT2D eigenvalue weighted by molar-refractivity contribution is 6.03. The minimum atomic E-state index is -1.20. The number of carboxylic acids is 1. The Hall–Kier alpha value is -2.75. The van der Waals surface area contributed by atoms with E-state index < -0.39 is 5.97 Å². The summed E-state index contributed by atoms with van der Waals surface area (Å²) in [5.74, 6) is -1.20. The van der Waals surface area contributed by atoms with Crippen LogP contribution in [0.2, 0.25) is 0 Å². The van der Waals surface area contributed by atoms with Gasteiger partial charge in [0.05, 0.1) is 17.2 Å². The van der Waals surface area contributed by atoms with Crippen molar-refractivity contribution in [3.8, 4) is 11.3 Å². The summed E-state index contributed by atoms with van der Waals surface area (Å²) >= 11 is 0. The van der Waals surface area contributed by atoms with Gasteiger partial charge in [0.15, 0.2) is 0 Å². The van der Waals surface area contributed by atoms with Crippen LogP contribution < -0.4 is 5.11 Å². The number of carbonyl (C=O) groups excluding carboxylic acids is 1. The van der Waals surface area contributed by atoms with Gasteiger partial charge in [-0.15, -0.1) is 0 Å². The highest BCUT2D eigenvalue weighted by atomic mass is 16.4. The number of carboxylic acid groups (broad SMARTS) is 1. The quantitative estimate of drug-likeness (QED) is 0.709. The molecule has 4 nitrogen and oxygen atoms in total. The molecule has 2 aromatic heterocycles. The number of rotatable bonds is 2. The molecular weight excluding hydrogens is 252 g/mol. The van der Waals surface area contributed by atoms with Gasteiger partial charge in [-0.25, -0.2) is 4.98 Å². The van der Waals surface area contributed by atoms with Crippen LogP contribution >= 0.6 is 0 Å². The fraction of sp³-hybridized carbons (Fsp3) is 0.0625. The summed E-state index contributed by atoms with van der Waals surface area (Å²) in [6.07, 6.45) is 3.31. The van der Waals surface area contributed by atoms with E-state index in [0.29, 0.717) is 16.6 Å². The van der Waals surface area contributed by atoms with Gasteiger partial charge in [0.1, 0.15) is 0 Å². The zero-order chi connectivity index (χ0) is 14.1. The van der Waals surface area contributed by atoms with Crippen LogP contribution in [0.5, 0.6) is 0 Å². The Morgan fingerprint density at radius 2 is 2.05 bits per heavy atom. The number of fused-ring (bicyclic) bond motifs is 1. The molecule has 0 aliphatic carbocycles. The molecule has 0 radical (unpaired) electrons. The van der Waals surface area contributed by atoms with Crippen LogP contribution in [0.25, 0.3) is 22.2 Å². The predicted octanol–water partition coefficient (Wildman–Crippen LogP) is 1.97. The number of pyridine rings is 2. The van der Waals surface area contributed by atoms with E-state index in [0.717, 1.165) is 11.1 Å². The fourth-order valence-corrected chi connectivity index (χ4v) is 2.17. The van der Waals surface area contributed by atoms with Gasteiger partial charge in [0.2, 0.25) is 0 Å². The lowest BCUT2D eigenvalue weighted by molar-refractivity contribution is -0.254. The van der Waals surface area contributed by atoms with E-state index in [1.165, 1.54) is 6.07 Å². The molecular formula is C16H11N2O2-. The van der Waals surface area contributed by atoms with Gasteiger partial charge in [0.25, 0.3) is 0 Å². The Morgan fingerprint density at radius 1 is 1.20 bits per heavy atom. The third kappa shape index (κ3) is 2.12. The first-order valence-electron chi connectivity index (χ1n) is 6.18. The normalized spacial score (nSPS) is 10.7. The minimum absolute atomic E-state index is 0.151. The first kappa shape index (κ1) is 12.3. The first-order valence-corrected chi connectivity index (χ1v) is 6.18. The van der Waals surface area contributed by atoms with Crippen molar-refractivity contribution in [2.75, 3.05) is 0 Å². The number of aromatic nitrogens is 2. The standard InChI is InChI=1S/C16H12N2O2/c1-10-4-5-14-12(7-10)13(16(19)20)8-15(18-14)11-3-2-6-17-9-11/h2-9H,1H3,(H,19,20)/p-1. The molecule has 0 fully saturated rings. The molecule has 0 N–H and O–H groups in total. The zero-order valence-electron chi connectivity index (χ0n) is 10.8. The van der Waals surface area contributed by atoms with Crippen molar-refractivity contribution >= 4 is 16.9 Å². The summed E-state index contributed by atoms with van der Waals surface area (Å²) in [7, 11) is 0. The summed E-state index contributed by atoms with van der Waals surface area (Å²) in [5, 5.41) is 12.0. The van der Waals surface area contributed by atoms with Crippen molar-refractivity contribution < 1.29 is 9.90 Å². The predicted molar refractivity (Wildman–Crippen MR) is 74.0 cm³/mol. The van der Waals surface area contributed by atoms with Crippen molar-refractivity contribution in [2.45, 2.75) is 6.92 Å². The highest BCUT2D eigenvalue weighted by Crippen LogP contribution is 2.24. The second kappa shape index (κ2) is 4.74. The topological polar surface area (TPSA) is 65.9 Å². The second-order valence-corrected chi connectivity index (χ2v) is 4.60. The number of hydrogen-bond acceptors (Lipinski definition) is 4. The molecule has 0 aliphatic rings. The molecule has 3 aromatic rings. The molecule has 20 heavy (non-hydrogen) atoms. The summed E-state index contributed by atoms with van der Waals surface area (Å²) < 4.78 is 0. The number of aryl methyl sites for hydroxylation is 1. The van der Waals surface area contributed by atoms with Crippen LogP contribution in [0.4, 0.5) is 0 Å². The van der Waals surface area contributed by atoms with Gasteiger partial charge >= 0.3 is 0 Å². The molecule has 0 spiro atoms. The molecule has 1 aromatic carbocycles. The van der Waals surface area contributed by atoms with Crippen molar-refractivity contribution in [3.05, 3.63) is 59.9 Å². The maximum Gasteiger partial charge on any atom is 0.0731 e. The average Bonchev–Trinajstić information content (AvgIpc) is 2.47. The van der Waals surface area contributed by atoms with E-state index in [1.54, 1.807) is 24.5 Å². The van der Waals surface area contributed by atoms with E-state index in [-0.39, 0.29) is 5.56 Å².